The highest BCUT2D eigenvalue weighted by molar-refractivity contribution is 8.93. The zero-order chi connectivity index (χ0) is 27.0. The van der Waals surface area contributed by atoms with Gasteiger partial charge in [0.05, 0.1) is 12.5 Å². The van der Waals surface area contributed by atoms with Crippen molar-refractivity contribution in [3.05, 3.63) is 65.0 Å². The molecule has 0 bridgehead atoms. The fraction of sp³-hybridized carbons (Fsp3) is 0.516. The maximum atomic E-state index is 14.4. The Labute approximate surface area is 248 Å². The lowest BCUT2D eigenvalue weighted by Crippen LogP contribution is -2.20. The minimum atomic E-state index is -0.480. The van der Waals surface area contributed by atoms with Gasteiger partial charge in [0.25, 0.3) is 5.91 Å². The Hall–Kier alpha value is -2.19. The number of nitrogens with zero attached hydrogens (tertiary/aromatic N) is 1. The van der Waals surface area contributed by atoms with E-state index in [-0.39, 0.29) is 35.2 Å². The Morgan fingerprint density at radius 3 is 2.36 bits per heavy atom. The summed E-state index contributed by atoms with van der Waals surface area (Å²) in [5.74, 6) is 0.682. The molecule has 0 radical (unpaired) electrons. The lowest BCUT2D eigenvalue weighted by atomic mass is 10.1. The molecule has 1 amide bonds. The van der Waals surface area contributed by atoms with Crippen molar-refractivity contribution in [3.63, 3.8) is 0 Å². The summed E-state index contributed by atoms with van der Waals surface area (Å²) in [6, 6.07) is 12.2. The highest BCUT2D eigenvalue weighted by atomic mass is 79.9. The highest BCUT2D eigenvalue weighted by Crippen LogP contribution is 2.26. The van der Waals surface area contributed by atoms with Crippen LogP contribution in [0, 0.1) is 5.82 Å². The normalized spacial score (nSPS) is 12.6. The number of hydrogen-bond acceptors (Lipinski definition) is 5. The average molecular weight is 624 g/mol. The predicted molar refractivity (Wildman–Crippen MR) is 166 cm³/mol. The number of amides is 1. The molecule has 1 aliphatic rings. The number of halogens is 2. The van der Waals surface area contributed by atoms with Crippen LogP contribution in [0.3, 0.4) is 0 Å². The van der Waals surface area contributed by atoms with Gasteiger partial charge in [0.1, 0.15) is 5.75 Å². The number of benzene rings is 2. The molecule has 0 aromatic heterocycles. The van der Waals surface area contributed by atoms with E-state index in [1.54, 1.807) is 12.1 Å². The molecule has 1 heterocycles. The first-order chi connectivity index (χ1) is 18.5. The van der Waals surface area contributed by atoms with E-state index < -0.39 is 5.82 Å². The summed E-state index contributed by atoms with van der Waals surface area (Å²) in [5, 5.41) is 2.85. The van der Waals surface area contributed by atoms with Crippen LogP contribution in [0.5, 0.6) is 11.5 Å². The molecule has 1 N–H and O–H groups in total. The molecule has 0 fully saturated rings. The summed E-state index contributed by atoms with van der Waals surface area (Å²) in [5.41, 5.74) is 1.83. The van der Waals surface area contributed by atoms with E-state index in [2.05, 4.69) is 30.3 Å². The standard InChI is InChI=1S/C31H43FN2O3S.BrH/c1-3-4-5-6-7-8-9-10-11-12-18-36-30-17-16-28(20-29(30)32)37-23-31(35)33-27-15-13-14-26(19-27)22-34-21-25(2)38-24-34;/h13-17,19-21H,3-12,18,22-24H2,1-2H3,(H,33,35);1H. The largest absolute Gasteiger partial charge is 0.491 e. The van der Waals surface area contributed by atoms with E-state index in [1.807, 2.05) is 36.0 Å². The summed E-state index contributed by atoms with van der Waals surface area (Å²) in [6.07, 6.45) is 14.6. The van der Waals surface area contributed by atoms with Crippen LogP contribution in [-0.4, -0.2) is 29.9 Å². The minimum absolute atomic E-state index is 0. The minimum Gasteiger partial charge on any atom is -0.491 e. The third kappa shape index (κ3) is 13.1. The van der Waals surface area contributed by atoms with Gasteiger partial charge >= 0.3 is 0 Å². The summed E-state index contributed by atoms with van der Waals surface area (Å²) in [7, 11) is 0. The fourth-order valence-electron chi connectivity index (χ4n) is 4.40. The fourth-order valence-corrected chi connectivity index (χ4v) is 5.15. The molecule has 0 saturated carbocycles. The molecular weight excluding hydrogens is 579 g/mol. The van der Waals surface area contributed by atoms with E-state index in [9.17, 15) is 9.18 Å². The molecule has 0 unspecified atom stereocenters. The van der Waals surface area contributed by atoms with Gasteiger partial charge in [-0.25, -0.2) is 4.39 Å². The molecule has 0 saturated heterocycles. The maximum absolute atomic E-state index is 14.4. The Morgan fingerprint density at radius 1 is 0.974 bits per heavy atom. The quantitative estimate of drug-likeness (QED) is 0.168. The third-order valence-electron chi connectivity index (χ3n) is 6.45. The van der Waals surface area contributed by atoms with Crippen molar-refractivity contribution in [2.75, 3.05) is 24.4 Å². The number of ether oxygens (including phenoxy) is 2. The second kappa shape index (κ2) is 19.0. The molecule has 0 aliphatic carbocycles. The van der Waals surface area contributed by atoms with E-state index in [4.69, 9.17) is 9.47 Å². The van der Waals surface area contributed by atoms with Crippen molar-refractivity contribution in [2.24, 2.45) is 0 Å². The zero-order valence-corrected chi connectivity index (χ0v) is 25.9. The number of carbonyl (C=O) groups excluding carboxylic acids is 1. The number of nitrogens with one attached hydrogen (secondary N) is 1. The zero-order valence-electron chi connectivity index (χ0n) is 23.4. The number of thioether (sulfide) groups is 1. The molecule has 3 rings (SSSR count). The van der Waals surface area contributed by atoms with Crippen LogP contribution < -0.4 is 14.8 Å². The molecule has 5 nitrogen and oxygen atoms in total. The molecule has 0 atom stereocenters. The van der Waals surface area contributed by atoms with Crippen LogP contribution in [-0.2, 0) is 11.3 Å². The molecular formula is C31H44BrFN2O3S. The van der Waals surface area contributed by atoms with Crippen LogP contribution >= 0.6 is 28.7 Å². The van der Waals surface area contributed by atoms with Gasteiger partial charge < -0.3 is 19.7 Å². The lowest BCUT2D eigenvalue weighted by Gasteiger charge is -2.15. The molecule has 39 heavy (non-hydrogen) atoms. The van der Waals surface area contributed by atoms with Crippen LogP contribution in [0.4, 0.5) is 10.1 Å². The van der Waals surface area contributed by atoms with Gasteiger partial charge in [-0.15, -0.1) is 28.7 Å². The topological polar surface area (TPSA) is 50.8 Å². The predicted octanol–water partition coefficient (Wildman–Crippen LogP) is 9.09. The first kappa shape index (κ1) is 33.0. The summed E-state index contributed by atoms with van der Waals surface area (Å²) in [6.45, 7) is 5.44. The van der Waals surface area contributed by atoms with Gasteiger partial charge in [0, 0.05) is 24.5 Å². The summed E-state index contributed by atoms with van der Waals surface area (Å²) >= 11 is 1.82. The van der Waals surface area contributed by atoms with Gasteiger partial charge in [-0.3, -0.25) is 4.79 Å². The first-order valence-electron chi connectivity index (χ1n) is 14.0. The van der Waals surface area contributed by atoms with Crippen molar-refractivity contribution in [1.82, 2.24) is 4.90 Å². The Balaban J connectivity index is 0.00000533. The number of hydrogen-bond donors (Lipinski definition) is 1. The van der Waals surface area contributed by atoms with Gasteiger partial charge in [0.2, 0.25) is 0 Å². The second-order valence-corrected chi connectivity index (χ2v) is 11.1. The van der Waals surface area contributed by atoms with Gasteiger partial charge in [0.15, 0.2) is 18.2 Å². The van der Waals surface area contributed by atoms with Crippen molar-refractivity contribution >= 4 is 40.3 Å². The van der Waals surface area contributed by atoms with Gasteiger partial charge in [-0.05, 0) is 48.1 Å². The molecule has 216 valence electrons. The Kier molecular flexibility index (Phi) is 16.1. The molecule has 2 aromatic carbocycles. The molecule has 1 aliphatic heterocycles. The number of anilines is 1. The van der Waals surface area contributed by atoms with Gasteiger partial charge in [-0.2, -0.15) is 0 Å². The van der Waals surface area contributed by atoms with Crippen molar-refractivity contribution in [3.8, 4) is 11.5 Å². The molecule has 8 heteroatoms. The Bertz CT molecular complexity index is 1040. The average Bonchev–Trinajstić information content (AvgIpc) is 3.31. The number of allylic oxidation sites excluding steroid dienone is 1. The van der Waals surface area contributed by atoms with Crippen molar-refractivity contribution in [1.29, 1.82) is 0 Å². The van der Waals surface area contributed by atoms with E-state index in [1.165, 1.54) is 62.3 Å². The van der Waals surface area contributed by atoms with E-state index in [0.717, 1.165) is 30.8 Å². The number of carbonyl (C=O) groups is 1. The summed E-state index contributed by atoms with van der Waals surface area (Å²) in [4.78, 5) is 15.9. The molecule has 2 aromatic rings. The van der Waals surface area contributed by atoms with Crippen LogP contribution in [0.1, 0.15) is 83.6 Å². The van der Waals surface area contributed by atoms with E-state index >= 15 is 0 Å². The van der Waals surface area contributed by atoms with Crippen molar-refractivity contribution < 1.29 is 18.7 Å². The van der Waals surface area contributed by atoms with Crippen LogP contribution in [0.15, 0.2) is 53.6 Å². The SMILES string of the molecule is Br.CCCCCCCCCCCCOc1ccc(OCC(=O)Nc2cccc(CN3C=C(C)SC3)c2)cc1F. The number of unbranched alkanes of at least 4 members (excludes halogenated alkanes) is 9. The lowest BCUT2D eigenvalue weighted by molar-refractivity contribution is -0.118. The highest BCUT2D eigenvalue weighted by Gasteiger charge is 2.11. The van der Waals surface area contributed by atoms with Crippen LogP contribution in [0.25, 0.3) is 0 Å². The smallest absolute Gasteiger partial charge is 0.262 e. The first-order valence-corrected chi connectivity index (χ1v) is 15.0. The number of rotatable bonds is 18. The van der Waals surface area contributed by atoms with E-state index in [0.29, 0.717) is 18.0 Å². The van der Waals surface area contributed by atoms with Crippen molar-refractivity contribution in [2.45, 2.75) is 84.6 Å². The third-order valence-corrected chi connectivity index (χ3v) is 7.47. The molecule has 0 spiro atoms. The Morgan fingerprint density at radius 2 is 1.69 bits per heavy atom. The maximum Gasteiger partial charge on any atom is 0.262 e. The monoisotopic (exact) mass is 622 g/mol. The summed E-state index contributed by atoms with van der Waals surface area (Å²) < 4.78 is 25.6. The second-order valence-electron chi connectivity index (χ2n) is 9.92. The van der Waals surface area contributed by atoms with Gasteiger partial charge in [-0.1, -0.05) is 76.8 Å². The van der Waals surface area contributed by atoms with Crippen LogP contribution in [0.2, 0.25) is 0 Å².